The zero-order valence-electron chi connectivity index (χ0n) is 37.3. The van der Waals surface area contributed by atoms with Gasteiger partial charge in [0.15, 0.2) is 0 Å². The first-order chi connectivity index (χ1) is 28.2. The molecule has 1 amide bonds. The predicted molar refractivity (Wildman–Crippen MR) is 237 cm³/mol. The van der Waals surface area contributed by atoms with Crippen molar-refractivity contribution in [1.82, 2.24) is 5.32 Å². The summed E-state index contributed by atoms with van der Waals surface area (Å²) in [6.07, 6.45) is 30.8. The van der Waals surface area contributed by atoms with E-state index in [1.165, 1.54) is 141 Å². The molecule has 8 N–H and O–H groups in total. The Morgan fingerprint density at radius 3 is 1.41 bits per heavy atom. The van der Waals surface area contributed by atoms with Crippen LogP contribution in [0.5, 0.6) is 0 Å². The molecule has 10 heteroatoms. The number of aliphatic hydroxyl groups is 7. The molecule has 0 radical (unpaired) electrons. The summed E-state index contributed by atoms with van der Waals surface area (Å²) in [6.45, 7) is 3.22. The van der Waals surface area contributed by atoms with Crippen molar-refractivity contribution < 1.29 is 45.3 Å². The highest BCUT2D eigenvalue weighted by Crippen LogP contribution is 2.32. The van der Waals surface area contributed by atoms with Crippen molar-refractivity contribution in [3.63, 3.8) is 0 Å². The van der Waals surface area contributed by atoms with Gasteiger partial charge in [-0.2, -0.15) is 0 Å². The summed E-state index contributed by atoms with van der Waals surface area (Å²) in [5.41, 5.74) is 0. The first kappa shape index (κ1) is 54.9. The normalized spacial score (nSPS) is 22.0. The lowest BCUT2D eigenvalue weighted by atomic mass is 9.78. The molecule has 344 valence electrons. The monoisotopic (exact) mass is 828 g/mol. The molecule has 5 unspecified atom stereocenters. The fourth-order valence-corrected chi connectivity index (χ4v) is 8.51. The third-order valence-electron chi connectivity index (χ3n) is 12.4. The number of ether oxygens (including phenoxy) is 1. The van der Waals surface area contributed by atoms with Crippen molar-refractivity contribution in [3.05, 3.63) is 12.2 Å². The zero-order valence-corrected chi connectivity index (χ0v) is 37.3. The van der Waals surface area contributed by atoms with E-state index in [1.807, 2.05) is 0 Å². The van der Waals surface area contributed by atoms with Gasteiger partial charge in [-0.1, -0.05) is 187 Å². The number of hydrogen-bond donors (Lipinski definition) is 8. The van der Waals surface area contributed by atoms with Gasteiger partial charge in [-0.05, 0) is 38.5 Å². The van der Waals surface area contributed by atoms with E-state index >= 15 is 0 Å². The smallest absolute Gasteiger partial charge is 0.220 e. The Balaban J connectivity index is 2.44. The molecule has 10 nitrogen and oxygen atoms in total. The van der Waals surface area contributed by atoms with Gasteiger partial charge in [-0.3, -0.25) is 4.79 Å². The molecule has 0 aromatic carbocycles. The third kappa shape index (κ3) is 25.6. The van der Waals surface area contributed by atoms with Crippen LogP contribution < -0.4 is 5.32 Å². The molecule has 1 rings (SSSR count). The van der Waals surface area contributed by atoms with Crippen molar-refractivity contribution >= 4 is 5.91 Å². The topological polar surface area (TPSA) is 180 Å². The Bertz CT molecular complexity index is 952. The van der Waals surface area contributed by atoms with E-state index < -0.39 is 67.9 Å². The summed E-state index contributed by atoms with van der Waals surface area (Å²) in [5, 5.41) is 77.5. The molecule has 0 bridgehead atoms. The number of allylic oxidation sites excluding steroid dienone is 2. The number of amides is 1. The Kier molecular flexibility index (Phi) is 35.6. The van der Waals surface area contributed by atoms with Crippen molar-refractivity contribution in [3.8, 4) is 0 Å². The average molecular weight is 828 g/mol. The van der Waals surface area contributed by atoms with Crippen LogP contribution in [0.1, 0.15) is 219 Å². The number of carbonyl (C=O) groups excluding carboxylic acids is 1. The van der Waals surface area contributed by atoms with Crippen LogP contribution >= 0.6 is 0 Å². The largest absolute Gasteiger partial charge is 0.394 e. The summed E-state index contributed by atoms with van der Waals surface area (Å²) >= 11 is 0. The third-order valence-corrected chi connectivity index (χ3v) is 12.4. The van der Waals surface area contributed by atoms with Crippen LogP contribution in [0.4, 0.5) is 0 Å². The second-order valence-corrected chi connectivity index (χ2v) is 17.6. The predicted octanol–water partition coefficient (Wildman–Crippen LogP) is 8.72. The van der Waals surface area contributed by atoms with Crippen molar-refractivity contribution in [1.29, 1.82) is 0 Å². The van der Waals surface area contributed by atoms with Crippen molar-refractivity contribution in [2.24, 2.45) is 5.92 Å². The second kappa shape index (κ2) is 37.6. The summed E-state index contributed by atoms with van der Waals surface area (Å²) < 4.78 is 5.80. The van der Waals surface area contributed by atoms with Crippen molar-refractivity contribution in [2.45, 2.75) is 268 Å². The Labute approximate surface area is 355 Å². The first-order valence-corrected chi connectivity index (χ1v) is 24.4. The van der Waals surface area contributed by atoms with E-state index in [1.54, 1.807) is 0 Å². The van der Waals surface area contributed by atoms with E-state index in [9.17, 15) is 40.5 Å². The number of rotatable bonds is 40. The minimum atomic E-state index is -1.70. The van der Waals surface area contributed by atoms with Gasteiger partial charge in [0, 0.05) is 12.3 Å². The van der Waals surface area contributed by atoms with Gasteiger partial charge in [0.2, 0.25) is 5.91 Å². The van der Waals surface area contributed by atoms with Crippen LogP contribution in [0, 0.1) is 5.92 Å². The fraction of sp³-hybridized carbons (Fsp3) is 0.938. The van der Waals surface area contributed by atoms with E-state index in [4.69, 9.17) is 4.74 Å². The lowest BCUT2D eigenvalue weighted by molar-refractivity contribution is -0.255. The summed E-state index contributed by atoms with van der Waals surface area (Å²) in [6, 6.07) is -1.12. The van der Waals surface area contributed by atoms with E-state index in [2.05, 4.69) is 31.3 Å². The molecule has 1 fully saturated rings. The lowest BCUT2D eigenvalue weighted by Crippen LogP contribution is -2.65. The van der Waals surface area contributed by atoms with Crippen molar-refractivity contribution in [2.75, 3.05) is 13.2 Å². The molecule has 1 heterocycles. The minimum absolute atomic E-state index is 0.197. The van der Waals surface area contributed by atoms with Crippen LogP contribution in [0.15, 0.2) is 12.2 Å². The molecular formula is C48H93NO9. The number of hydrogen-bond acceptors (Lipinski definition) is 9. The molecule has 0 aliphatic carbocycles. The SMILES string of the molecule is CCCCCCCCCCCCCCCCCC=CCCCCC(=O)NC(CO)C(C(O)C(O)CCCCCCCCCCCCC)C1O[C@H](CO)[C@@H](O)[C@H](O)[C@H]1O. The highest BCUT2D eigenvalue weighted by molar-refractivity contribution is 5.76. The Morgan fingerprint density at radius 2 is 0.983 bits per heavy atom. The number of carbonyl (C=O) groups is 1. The second-order valence-electron chi connectivity index (χ2n) is 17.6. The molecule has 1 saturated heterocycles. The van der Waals surface area contributed by atoms with Gasteiger partial charge < -0.3 is 45.8 Å². The highest BCUT2D eigenvalue weighted by Gasteiger charge is 2.51. The maximum absolute atomic E-state index is 13.1. The first-order valence-electron chi connectivity index (χ1n) is 24.4. The summed E-state index contributed by atoms with van der Waals surface area (Å²) in [5.74, 6) is -1.58. The molecule has 0 aromatic rings. The number of nitrogens with one attached hydrogen (secondary N) is 1. The van der Waals surface area contributed by atoms with E-state index in [0.29, 0.717) is 12.8 Å². The molecule has 1 aliphatic heterocycles. The molecule has 0 saturated carbocycles. The van der Waals surface area contributed by atoms with Crippen LogP contribution in [0.25, 0.3) is 0 Å². The Hall–Kier alpha value is -1.11. The lowest BCUT2D eigenvalue weighted by Gasteiger charge is -2.46. The molecule has 0 spiro atoms. The van der Waals surface area contributed by atoms with Crippen LogP contribution in [-0.4, -0.2) is 104 Å². The van der Waals surface area contributed by atoms with Gasteiger partial charge in [-0.15, -0.1) is 0 Å². The molecule has 58 heavy (non-hydrogen) atoms. The zero-order chi connectivity index (χ0) is 42.6. The van der Waals surface area contributed by atoms with Gasteiger partial charge in [-0.25, -0.2) is 0 Å². The maximum atomic E-state index is 13.1. The van der Waals surface area contributed by atoms with Gasteiger partial charge in [0.1, 0.15) is 24.4 Å². The van der Waals surface area contributed by atoms with Gasteiger partial charge >= 0.3 is 0 Å². The highest BCUT2D eigenvalue weighted by atomic mass is 16.5. The van der Waals surface area contributed by atoms with E-state index in [-0.39, 0.29) is 18.7 Å². The van der Waals surface area contributed by atoms with Crippen LogP contribution in [-0.2, 0) is 9.53 Å². The average Bonchev–Trinajstić information content (AvgIpc) is 3.22. The minimum Gasteiger partial charge on any atom is -0.394 e. The van der Waals surface area contributed by atoms with E-state index in [0.717, 1.165) is 38.5 Å². The summed E-state index contributed by atoms with van der Waals surface area (Å²) in [4.78, 5) is 13.1. The molecule has 1 aliphatic rings. The molecule has 9 atom stereocenters. The molecular weight excluding hydrogens is 735 g/mol. The molecule has 0 aromatic heterocycles. The van der Waals surface area contributed by atoms with Crippen LogP contribution in [0.3, 0.4) is 0 Å². The Morgan fingerprint density at radius 1 is 0.569 bits per heavy atom. The number of aliphatic hydroxyl groups excluding tert-OH is 7. The fourth-order valence-electron chi connectivity index (χ4n) is 8.51. The van der Waals surface area contributed by atoms with Crippen LogP contribution in [0.2, 0.25) is 0 Å². The number of unbranched alkanes of at least 4 members (excludes halogenated alkanes) is 27. The van der Waals surface area contributed by atoms with Gasteiger partial charge in [0.05, 0.1) is 37.6 Å². The maximum Gasteiger partial charge on any atom is 0.220 e. The summed E-state index contributed by atoms with van der Waals surface area (Å²) in [7, 11) is 0. The quantitative estimate of drug-likeness (QED) is 0.0222. The standard InChI is InChI=1S/C48H93NO9/c1-3-5-7-9-11-13-15-16-17-18-19-20-21-22-23-24-26-28-30-32-34-36-42(53)49-39(37-50)43(48-47(57)46(56)45(55)41(38-51)58-48)44(54)40(52)35-33-31-29-27-25-14-12-10-8-6-4-2/h26,28,39-41,43-48,50-52,54-57H,3-25,27,29-38H2,1-2H3,(H,49,53)/t39?,40?,41-,43?,44?,45-,46+,47-,48?/m1/s1. The van der Waals surface area contributed by atoms with Gasteiger partial charge in [0.25, 0.3) is 0 Å².